The zero-order chi connectivity index (χ0) is 17.4. The first-order valence-corrected chi connectivity index (χ1v) is 8.82. The number of carbonyl (C=O) groups excluding carboxylic acids is 1. The average Bonchev–Trinajstić information content (AvgIpc) is 2.62. The number of amides is 1. The molecule has 1 unspecified atom stereocenters. The highest BCUT2D eigenvalue weighted by molar-refractivity contribution is 7.99. The van der Waals surface area contributed by atoms with Crippen molar-refractivity contribution in [1.29, 1.82) is 5.26 Å². The second kappa shape index (κ2) is 8.99. The van der Waals surface area contributed by atoms with Crippen molar-refractivity contribution in [1.82, 2.24) is 0 Å². The minimum Gasteiger partial charge on any atom is -0.492 e. The van der Waals surface area contributed by atoms with E-state index in [4.69, 9.17) is 10.00 Å². The smallest absolute Gasteiger partial charge is 0.237 e. The standard InChI is InChI=1S/C19H20N2O2S/c1-3-23-18-7-5-4-6-17(18)21-19(22)14(2)24-13-16-10-8-15(12-20)9-11-16/h4-11,14H,3,13H2,1-2H3,(H,21,22). The number of hydrogen-bond donors (Lipinski definition) is 1. The third-order valence-corrected chi connectivity index (χ3v) is 4.61. The second-order valence-electron chi connectivity index (χ2n) is 5.18. The summed E-state index contributed by atoms with van der Waals surface area (Å²) in [5, 5.41) is 11.5. The van der Waals surface area contributed by atoms with Crippen LogP contribution in [0.4, 0.5) is 5.69 Å². The number of benzene rings is 2. The van der Waals surface area contributed by atoms with Crippen molar-refractivity contribution in [2.45, 2.75) is 24.9 Å². The number of anilines is 1. The van der Waals surface area contributed by atoms with E-state index >= 15 is 0 Å². The van der Waals surface area contributed by atoms with Crippen molar-refractivity contribution in [2.75, 3.05) is 11.9 Å². The summed E-state index contributed by atoms with van der Waals surface area (Å²) in [6.45, 7) is 4.34. The van der Waals surface area contributed by atoms with Crippen molar-refractivity contribution in [3.63, 3.8) is 0 Å². The monoisotopic (exact) mass is 340 g/mol. The lowest BCUT2D eigenvalue weighted by molar-refractivity contribution is -0.115. The maximum atomic E-state index is 12.4. The van der Waals surface area contributed by atoms with Gasteiger partial charge in [-0.2, -0.15) is 5.26 Å². The summed E-state index contributed by atoms with van der Waals surface area (Å²) in [4.78, 5) is 12.4. The van der Waals surface area contributed by atoms with Crippen LogP contribution in [0.25, 0.3) is 0 Å². The van der Waals surface area contributed by atoms with Crippen LogP contribution in [0.1, 0.15) is 25.0 Å². The van der Waals surface area contributed by atoms with Crippen molar-refractivity contribution >= 4 is 23.4 Å². The van der Waals surface area contributed by atoms with Gasteiger partial charge in [-0.15, -0.1) is 11.8 Å². The molecule has 0 heterocycles. The van der Waals surface area contributed by atoms with Crippen LogP contribution in [0.15, 0.2) is 48.5 Å². The Morgan fingerprint density at radius 1 is 1.25 bits per heavy atom. The van der Waals surface area contributed by atoms with Gasteiger partial charge >= 0.3 is 0 Å². The Balaban J connectivity index is 1.91. The number of thioether (sulfide) groups is 1. The van der Waals surface area contributed by atoms with E-state index in [-0.39, 0.29) is 11.2 Å². The van der Waals surface area contributed by atoms with Crippen LogP contribution in [-0.4, -0.2) is 17.8 Å². The molecule has 0 aliphatic heterocycles. The van der Waals surface area contributed by atoms with Crippen molar-refractivity contribution in [3.05, 3.63) is 59.7 Å². The summed E-state index contributed by atoms with van der Waals surface area (Å²) in [7, 11) is 0. The molecule has 1 atom stereocenters. The Kier molecular flexibility index (Phi) is 6.71. The number of carbonyl (C=O) groups is 1. The van der Waals surface area contributed by atoms with E-state index < -0.39 is 0 Å². The molecule has 0 aliphatic carbocycles. The summed E-state index contributed by atoms with van der Waals surface area (Å²) < 4.78 is 5.52. The molecule has 0 aliphatic rings. The van der Waals surface area contributed by atoms with Crippen LogP contribution >= 0.6 is 11.8 Å². The first-order valence-electron chi connectivity index (χ1n) is 7.77. The molecule has 2 rings (SSSR count). The largest absolute Gasteiger partial charge is 0.492 e. The van der Waals surface area contributed by atoms with E-state index in [2.05, 4.69) is 11.4 Å². The summed E-state index contributed by atoms with van der Waals surface area (Å²) in [5.74, 6) is 1.34. The maximum Gasteiger partial charge on any atom is 0.237 e. The number of hydrogen-bond acceptors (Lipinski definition) is 4. The molecule has 1 amide bonds. The molecule has 2 aromatic carbocycles. The SMILES string of the molecule is CCOc1ccccc1NC(=O)C(C)SCc1ccc(C#N)cc1. The second-order valence-corrected chi connectivity index (χ2v) is 6.51. The number of nitrogens with one attached hydrogen (secondary N) is 1. The van der Waals surface area contributed by atoms with Gasteiger partial charge in [0.05, 0.1) is 29.2 Å². The van der Waals surface area contributed by atoms with Gasteiger partial charge in [0.25, 0.3) is 0 Å². The van der Waals surface area contributed by atoms with Gasteiger partial charge in [0.2, 0.25) is 5.91 Å². The lowest BCUT2D eigenvalue weighted by Crippen LogP contribution is -2.23. The van der Waals surface area contributed by atoms with Crippen LogP contribution in [0.2, 0.25) is 0 Å². The molecule has 1 N–H and O–H groups in total. The highest BCUT2D eigenvalue weighted by Gasteiger charge is 2.15. The van der Waals surface area contributed by atoms with Crippen LogP contribution in [0.5, 0.6) is 5.75 Å². The Labute approximate surface area is 146 Å². The van der Waals surface area contributed by atoms with E-state index in [1.165, 1.54) is 0 Å². The number of nitriles is 1. The average molecular weight is 340 g/mol. The van der Waals surface area contributed by atoms with E-state index in [1.54, 1.807) is 23.9 Å². The molecule has 0 bridgehead atoms. The molecule has 124 valence electrons. The first kappa shape index (κ1) is 17.9. The Hall–Kier alpha value is -2.45. The van der Waals surface area contributed by atoms with Gasteiger partial charge in [-0.25, -0.2) is 0 Å². The van der Waals surface area contributed by atoms with Crippen LogP contribution in [0, 0.1) is 11.3 Å². The maximum absolute atomic E-state index is 12.4. The van der Waals surface area contributed by atoms with E-state index in [9.17, 15) is 4.79 Å². The van der Waals surface area contributed by atoms with Gasteiger partial charge in [0.1, 0.15) is 5.75 Å². The predicted octanol–water partition coefficient (Wildman–Crippen LogP) is 4.22. The summed E-state index contributed by atoms with van der Waals surface area (Å²) in [6.07, 6.45) is 0. The highest BCUT2D eigenvalue weighted by Crippen LogP contribution is 2.25. The Bertz CT molecular complexity index is 723. The quantitative estimate of drug-likeness (QED) is 0.820. The molecule has 0 saturated heterocycles. The van der Waals surface area contributed by atoms with Gasteiger partial charge < -0.3 is 10.1 Å². The van der Waals surface area contributed by atoms with Crippen molar-refractivity contribution in [2.24, 2.45) is 0 Å². The zero-order valence-corrected chi connectivity index (χ0v) is 14.6. The fourth-order valence-corrected chi connectivity index (χ4v) is 2.90. The third kappa shape index (κ3) is 5.04. The topological polar surface area (TPSA) is 62.1 Å². The molecular weight excluding hydrogens is 320 g/mol. The molecule has 24 heavy (non-hydrogen) atoms. The number of nitrogens with zero attached hydrogens (tertiary/aromatic N) is 1. The fraction of sp³-hybridized carbons (Fsp3) is 0.263. The molecule has 5 heteroatoms. The third-order valence-electron chi connectivity index (χ3n) is 3.40. The van der Waals surface area contributed by atoms with E-state index in [1.807, 2.05) is 50.2 Å². The normalized spacial score (nSPS) is 11.4. The van der Waals surface area contributed by atoms with Crippen molar-refractivity contribution < 1.29 is 9.53 Å². The van der Waals surface area contributed by atoms with E-state index in [0.29, 0.717) is 29.4 Å². The van der Waals surface area contributed by atoms with E-state index in [0.717, 1.165) is 5.56 Å². The summed E-state index contributed by atoms with van der Waals surface area (Å²) >= 11 is 1.55. The molecule has 0 spiro atoms. The number of rotatable bonds is 7. The first-order chi connectivity index (χ1) is 11.6. The van der Waals surface area contributed by atoms with Gasteiger partial charge in [0, 0.05) is 5.75 Å². The minimum atomic E-state index is -0.199. The van der Waals surface area contributed by atoms with Crippen LogP contribution < -0.4 is 10.1 Å². The molecule has 0 radical (unpaired) electrons. The number of ether oxygens (including phenoxy) is 1. The van der Waals surface area contributed by atoms with Gasteiger partial charge in [-0.3, -0.25) is 4.79 Å². The minimum absolute atomic E-state index is 0.0548. The zero-order valence-electron chi connectivity index (χ0n) is 13.8. The molecular formula is C19H20N2O2S. The van der Waals surface area contributed by atoms with Gasteiger partial charge in [-0.1, -0.05) is 24.3 Å². The number of para-hydroxylation sites is 2. The lowest BCUT2D eigenvalue weighted by Gasteiger charge is -2.14. The van der Waals surface area contributed by atoms with Gasteiger partial charge in [0.15, 0.2) is 0 Å². The molecule has 2 aromatic rings. The van der Waals surface area contributed by atoms with Crippen LogP contribution in [0.3, 0.4) is 0 Å². The fourth-order valence-electron chi connectivity index (χ4n) is 2.06. The summed E-state index contributed by atoms with van der Waals surface area (Å²) in [6, 6.07) is 16.9. The Morgan fingerprint density at radius 3 is 2.62 bits per heavy atom. The summed E-state index contributed by atoms with van der Waals surface area (Å²) in [5.41, 5.74) is 2.42. The molecule has 4 nitrogen and oxygen atoms in total. The molecule has 0 fully saturated rings. The Morgan fingerprint density at radius 2 is 1.96 bits per heavy atom. The van der Waals surface area contributed by atoms with Crippen LogP contribution in [-0.2, 0) is 10.5 Å². The highest BCUT2D eigenvalue weighted by atomic mass is 32.2. The molecule has 0 aromatic heterocycles. The lowest BCUT2D eigenvalue weighted by atomic mass is 10.2. The van der Waals surface area contributed by atoms with Crippen molar-refractivity contribution in [3.8, 4) is 11.8 Å². The predicted molar refractivity (Wildman–Crippen MR) is 98.2 cm³/mol. The van der Waals surface area contributed by atoms with Gasteiger partial charge in [-0.05, 0) is 43.7 Å². The molecule has 0 saturated carbocycles.